The molecule has 0 saturated heterocycles. The molecule has 0 nitrogen and oxygen atoms in total. The molecule has 0 N–H and O–H groups in total. The van der Waals surface area contributed by atoms with Gasteiger partial charge in [0, 0.05) is 0 Å². The normalized spacial score (nSPS) is 0. The summed E-state index contributed by atoms with van der Waals surface area (Å²) in [6, 6.07) is 0. The Hall–Kier alpha value is 16.2. The van der Waals surface area contributed by atoms with Crippen LogP contribution >= 0.6 is 62.0 Å². The average molecular weight is 543 g/mol. The molecule has 0 saturated carbocycles. The molecule has 0 unspecified atom stereocenters. The van der Waals surface area contributed by atoms with E-state index in [1.54, 1.807) is 0 Å². The molecule has 14 heavy (non-hydrogen) atoms. The van der Waals surface area contributed by atoms with Gasteiger partial charge >= 0.3 is 462 Å². The number of hydrogen-bond donors (Lipinski definition) is 0. The van der Waals surface area contributed by atoms with Crippen LogP contribution < -0.4 is 0 Å². The van der Waals surface area contributed by atoms with E-state index in [0.29, 0.717) is 0 Å². The van der Waals surface area contributed by atoms with Gasteiger partial charge in [0.05, 0.1) is 0 Å². The topological polar surface area (TPSA) is 0 Å². The molecule has 0 aliphatic carbocycles. The van der Waals surface area contributed by atoms with Crippen LogP contribution in [-0.4, -0.2) is 462 Å². The molecule has 14 heteroatoms. The molecule has 0 spiro atoms. The Kier molecular flexibility index (Phi) is 621. The van der Waals surface area contributed by atoms with Crippen LogP contribution in [0, 0.1) is 0 Å². The zero-order valence-corrected chi connectivity index (χ0v) is 6.12. The SMILES string of the molecule is Cl.Cl.Cl.Cl.Cl.[KH].[KH].[KH].[KH].[KH].[KH].[KH].[KH].[KH]. The molecular weight excluding hydrogens is 529 g/mol. The van der Waals surface area contributed by atoms with E-state index < -0.39 is 0 Å². The van der Waals surface area contributed by atoms with Crippen LogP contribution in [0.1, 0.15) is 0 Å². The summed E-state index contributed by atoms with van der Waals surface area (Å²) < 4.78 is 0. The minimum atomic E-state index is 0. The predicted molar refractivity (Wildman–Crippen MR) is 101 cm³/mol. The van der Waals surface area contributed by atoms with Gasteiger partial charge in [-0.25, -0.2) is 0 Å². The molecule has 0 aromatic carbocycles. The van der Waals surface area contributed by atoms with Gasteiger partial charge in [0.25, 0.3) is 0 Å². The zero-order chi connectivity index (χ0) is 0. The van der Waals surface area contributed by atoms with E-state index in [2.05, 4.69) is 0 Å². The van der Waals surface area contributed by atoms with Gasteiger partial charge in [-0.15, -0.1) is 62.0 Å². The van der Waals surface area contributed by atoms with E-state index in [9.17, 15) is 0 Å². The summed E-state index contributed by atoms with van der Waals surface area (Å²) in [7, 11) is 0. The predicted octanol–water partition coefficient (Wildman–Crippen LogP) is -3.73. The molecule has 0 fully saturated rings. The van der Waals surface area contributed by atoms with E-state index in [1.165, 1.54) is 0 Å². The van der Waals surface area contributed by atoms with Crippen LogP contribution in [0.5, 0.6) is 0 Å². The first-order valence-corrected chi connectivity index (χ1v) is 0. The summed E-state index contributed by atoms with van der Waals surface area (Å²) in [5.41, 5.74) is 0. The van der Waals surface area contributed by atoms with Gasteiger partial charge in [-0.1, -0.05) is 0 Å². The fourth-order valence-corrected chi connectivity index (χ4v) is 0. The zero-order valence-electron chi connectivity index (χ0n) is 2.04. The summed E-state index contributed by atoms with van der Waals surface area (Å²) in [6.07, 6.45) is 0. The van der Waals surface area contributed by atoms with Crippen LogP contribution in [0.3, 0.4) is 0 Å². The van der Waals surface area contributed by atoms with Crippen LogP contribution in [0.15, 0.2) is 0 Å². The molecule has 0 aromatic heterocycles. The quantitative estimate of drug-likeness (QED) is 0.276. The molecule has 0 rings (SSSR count). The molecule has 0 heterocycles. The Balaban J connectivity index is 0. The number of halogens is 5. The van der Waals surface area contributed by atoms with Crippen LogP contribution in [-0.2, 0) is 0 Å². The fraction of sp³-hybridized carbons (Fsp3) is 0. The molecular formula is H14Cl5K9. The average Bonchev–Trinajstić information content (AvgIpc) is 0. The summed E-state index contributed by atoms with van der Waals surface area (Å²) in [6.45, 7) is 0. The number of hydrogen-bond acceptors (Lipinski definition) is 0. The maximum absolute atomic E-state index is 0. The van der Waals surface area contributed by atoms with Gasteiger partial charge in [0.15, 0.2) is 0 Å². The first kappa shape index (κ1) is 98.2. The van der Waals surface area contributed by atoms with Gasteiger partial charge in [-0.3, -0.25) is 0 Å². The van der Waals surface area contributed by atoms with E-state index in [4.69, 9.17) is 0 Å². The summed E-state index contributed by atoms with van der Waals surface area (Å²) >= 11 is 0. The molecule has 0 amide bonds. The van der Waals surface area contributed by atoms with Crippen LogP contribution in [0.25, 0.3) is 0 Å². The third-order valence-corrected chi connectivity index (χ3v) is 0. The van der Waals surface area contributed by atoms with E-state index in [0.717, 1.165) is 0 Å². The second-order valence-corrected chi connectivity index (χ2v) is 0. The van der Waals surface area contributed by atoms with Gasteiger partial charge in [-0.2, -0.15) is 0 Å². The Morgan fingerprint density at radius 3 is 0.143 bits per heavy atom. The van der Waals surface area contributed by atoms with Gasteiger partial charge in [0.1, 0.15) is 0 Å². The van der Waals surface area contributed by atoms with Crippen LogP contribution in [0.4, 0.5) is 0 Å². The Bertz CT molecular complexity index is 13.2. The molecule has 0 aromatic rings. The van der Waals surface area contributed by atoms with Gasteiger partial charge in [0.2, 0.25) is 0 Å². The molecule has 0 aliphatic rings. The van der Waals surface area contributed by atoms with Gasteiger partial charge < -0.3 is 0 Å². The standard InChI is InChI=1S/5ClH.9K.9H/h5*1H;;;;;;;;;;;;;;;;;;. The van der Waals surface area contributed by atoms with Crippen molar-refractivity contribution in [3.8, 4) is 0 Å². The second-order valence-electron chi connectivity index (χ2n) is 0. The third-order valence-electron chi connectivity index (χ3n) is 0. The van der Waals surface area contributed by atoms with E-state index in [-0.39, 0.29) is 524 Å². The van der Waals surface area contributed by atoms with Crippen LogP contribution in [0.2, 0.25) is 0 Å². The molecule has 0 radical (unpaired) electrons. The minimum absolute atomic E-state index is 0. The van der Waals surface area contributed by atoms with Crippen molar-refractivity contribution < 1.29 is 0 Å². The second kappa shape index (κ2) is 88.5. The molecule has 58 valence electrons. The van der Waals surface area contributed by atoms with Gasteiger partial charge in [-0.05, 0) is 0 Å². The van der Waals surface area contributed by atoms with Crippen molar-refractivity contribution in [3.05, 3.63) is 0 Å². The fourth-order valence-electron chi connectivity index (χ4n) is 0. The molecule has 0 atom stereocenters. The Morgan fingerprint density at radius 2 is 0.143 bits per heavy atom. The molecule has 0 bridgehead atoms. The van der Waals surface area contributed by atoms with Crippen molar-refractivity contribution in [1.29, 1.82) is 0 Å². The van der Waals surface area contributed by atoms with Crippen molar-refractivity contribution in [1.82, 2.24) is 0 Å². The van der Waals surface area contributed by atoms with Crippen molar-refractivity contribution in [3.63, 3.8) is 0 Å². The maximum atomic E-state index is 0. The van der Waals surface area contributed by atoms with Crippen molar-refractivity contribution in [2.75, 3.05) is 0 Å². The third kappa shape index (κ3) is 79.5. The van der Waals surface area contributed by atoms with E-state index >= 15 is 0 Å². The monoisotopic (exact) mass is 540 g/mol. The first-order chi connectivity index (χ1) is 0. The Labute approximate surface area is 502 Å². The summed E-state index contributed by atoms with van der Waals surface area (Å²) in [5, 5.41) is 0. The summed E-state index contributed by atoms with van der Waals surface area (Å²) in [4.78, 5) is 0. The van der Waals surface area contributed by atoms with E-state index in [1.807, 2.05) is 0 Å². The van der Waals surface area contributed by atoms with Crippen molar-refractivity contribution in [2.24, 2.45) is 0 Å². The van der Waals surface area contributed by atoms with Crippen molar-refractivity contribution >= 4 is 524 Å². The Morgan fingerprint density at radius 1 is 0.143 bits per heavy atom. The first-order valence-electron chi connectivity index (χ1n) is 0. The summed E-state index contributed by atoms with van der Waals surface area (Å²) in [5.74, 6) is 0. The number of rotatable bonds is 0. The van der Waals surface area contributed by atoms with Crippen molar-refractivity contribution in [2.45, 2.75) is 0 Å². The molecule has 0 aliphatic heterocycles.